The molecule has 0 fully saturated rings. The lowest BCUT2D eigenvalue weighted by Gasteiger charge is -2.33. The number of carbonyl (C=O) groups excluding carboxylic acids is 1. The van der Waals surface area contributed by atoms with E-state index in [4.69, 9.17) is 4.74 Å². The molecule has 19 heavy (non-hydrogen) atoms. The maximum Gasteiger partial charge on any atom is 0.268 e. The number of benzene rings is 1. The summed E-state index contributed by atoms with van der Waals surface area (Å²) in [6.07, 6.45) is 3.02. The molecule has 1 aromatic carbocycles. The normalized spacial score (nSPS) is 17.8. The number of ether oxygens (including phenoxy) is 1. The van der Waals surface area contributed by atoms with E-state index >= 15 is 0 Å². The van der Waals surface area contributed by atoms with Gasteiger partial charge < -0.3 is 9.64 Å². The summed E-state index contributed by atoms with van der Waals surface area (Å²) < 4.78 is 5.61. The Hall–Kier alpha value is -2.36. The third kappa shape index (κ3) is 2.17. The van der Waals surface area contributed by atoms with E-state index in [0.717, 1.165) is 17.0 Å². The standard InChI is InChI=1S/C15H14N2O2/c1-11-15(18)17(10-12-6-8-16-9-7-12)13-4-2-3-5-14(13)19-11/h2-9,11H,10H2,1H3/t11-/m1/s1. The van der Waals surface area contributed by atoms with Gasteiger partial charge in [-0.05, 0) is 36.8 Å². The molecule has 2 heterocycles. The summed E-state index contributed by atoms with van der Waals surface area (Å²) in [5.74, 6) is 0.735. The van der Waals surface area contributed by atoms with E-state index in [0.29, 0.717) is 6.54 Å². The van der Waals surface area contributed by atoms with Crippen molar-refractivity contribution < 1.29 is 9.53 Å². The molecule has 1 atom stereocenters. The highest BCUT2D eigenvalue weighted by atomic mass is 16.5. The van der Waals surface area contributed by atoms with Crippen molar-refractivity contribution >= 4 is 11.6 Å². The molecule has 1 aromatic heterocycles. The lowest BCUT2D eigenvalue weighted by Crippen LogP contribution is -2.43. The molecule has 3 rings (SSSR count). The van der Waals surface area contributed by atoms with Crippen molar-refractivity contribution in [3.63, 3.8) is 0 Å². The number of amides is 1. The van der Waals surface area contributed by atoms with Gasteiger partial charge in [-0.1, -0.05) is 12.1 Å². The second-order valence-corrected chi connectivity index (χ2v) is 4.51. The number of hydrogen-bond acceptors (Lipinski definition) is 3. The minimum Gasteiger partial charge on any atom is -0.479 e. The Morgan fingerprint density at radius 2 is 1.95 bits per heavy atom. The number of nitrogens with zero attached hydrogens (tertiary/aromatic N) is 2. The first kappa shape index (κ1) is 11.7. The molecule has 0 N–H and O–H groups in total. The van der Waals surface area contributed by atoms with Crippen LogP contribution >= 0.6 is 0 Å². The first-order chi connectivity index (χ1) is 9.25. The molecule has 4 heteroatoms. The highest BCUT2D eigenvalue weighted by Gasteiger charge is 2.30. The molecule has 0 aliphatic carbocycles. The minimum atomic E-state index is -0.447. The van der Waals surface area contributed by atoms with Gasteiger partial charge in [0.25, 0.3) is 5.91 Å². The summed E-state index contributed by atoms with van der Waals surface area (Å²) in [5.41, 5.74) is 1.87. The van der Waals surface area contributed by atoms with Crippen LogP contribution in [0.5, 0.6) is 5.75 Å². The van der Waals surface area contributed by atoms with Gasteiger partial charge in [0.1, 0.15) is 5.75 Å². The van der Waals surface area contributed by atoms with Crippen molar-refractivity contribution in [2.45, 2.75) is 19.6 Å². The van der Waals surface area contributed by atoms with Crippen LogP contribution in [0.1, 0.15) is 12.5 Å². The highest BCUT2D eigenvalue weighted by Crippen LogP contribution is 2.34. The van der Waals surface area contributed by atoms with Crippen LogP contribution in [0.15, 0.2) is 48.8 Å². The quantitative estimate of drug-likeness (QED) is 0.826. The predicted octanol–water partition coefficient (Wildman–Crippen LogP) is 2.40. The van der Waals surface area contributed by atoms with Gasteiger partial charge >= 0.3 is 0 Å². The van der Waals surface area contributed by atoms with Gasteiger partial charge in [0.15, 0.2) is 6.10 Å². The second-order valence-electron chi connectivity index (χ2n) is 4.51. The van der Waals surface area contributed by atoms with Crippen LogP contribution in [0.2, 0.25) is 0 Å². The Labute approximate surface area is 111 Å². The number of aromatic nitrogens is 1. The fraction of sp³-hybridized carbons (Fsp3) is 0.200. The minimum absolute atomic E-state index is 0.0180. The molecular formula is C15H14N2O2. The zero-order chi connectivity index (χ0) is 13.2. The van der Waals surface area contributed by atoms with E-state index in [-0.39, 0.29) is 5.91 Å². The summed E-state index contributed by atoms with van der Waals surface area (Å²) >= 11 is 0. The monoisotopic (exact) mass is 254 g/mol. The number of hydrogen-bond donors (Lipinski definition) is 0. The molecule has 0 radical (unpaired) electrons. The summed E-state index contributed by atoms with van der Waals surface area (Å²) in [5, 5.41) is 0. The van der Waals surface area contributed by atoms with Crippen molar-refractivity contribution in [2.75, 3.05) is 4.90 Å². The van der Waals surface area contributed by atoms with Crippen LogP contribution in [0.4, 0.5) is 5.69 Å². The van der Waals surface area contributed by atoms with E-state index in [1.165, 1.54) is 0 Å². The van der Waals surface area contributed by atoms with Gasteiger partial charge in [0, 0.05) is 12.4 Å². The molecule has 96 valence electrons. The Morgan fingerprint density at radius 3 is 2.74 bits per heavy atom. The Kier molecular flexibility index (Phi) is 2.91. The smallest absolute Gasteiger partial charge is 0.268 e. The summed E-state index contributed by atoms with van der Waals surface area (Å²) in [6, 6.07) is 11.4. The van der Waals surface area contributed by atoms with Crippen LogP contribution in [-0.4, -0.2) is 17.0 Å². The van der Waals surface area contributed by atoms with E-state index in [1.807, 2.05) is 36.4 Å². The summed E-state index contributed by atoms with van der Waals surface area (Å²) in [4.78, 5) is 18.0. The molecule has 0 spiro atoms. The van der Waals surface area contributed by atoms with Crippen LogP contribution < -0.4 is 9.64 Å². The molecular weight excluding hydrogens is 240 g/mol. The molecule has 1 aliphatic rings. The van der Waals surface area contributed by atoms with Crippen molar-refractivity contribution in [1.82, 2.24) is 4.98 Å². The molecule has 0 unspecified atom stereocenters. The van der Waals surface area contributed by atoms with E-state index in [1.54, 1.807) is 24.2 Å². The number of carbonyl (C=O) groups is 1. The van der Waals surface area contributed by atoms with Gasteiger partial charge in [0.05, 0.1) is 12.2 Å². The van der Waals surface area contributed by atoms with E-state index in [2.05, 4.69) is 4.98 Å². The lowest BCUT2D eigenvalue weighted by atomic mass is 10.1. The first-order valence-corrected chi connectivity index (χ1v) is 6.21. The summed E-state index contributed by atoms with van der Waals surface area (Å²) in [7, 11) is 0. The SMILES string of the molecule is C[C@H]1Oc2ccccc2N(Cc2ccncc2)C1=O. The van der Waals surface area contributed by atoms with E-state index in [9.17, 15) is 4.79 Å². The Balaban J connectivity index is 1.97. The number of fused-ring (bicyclic) bond motifs is 1. The molecule has 0 saturated heterocycles. The van der Waals surface area contributed by atoms with Crippen molar-refractivity contribution in [2.24, 2.45) is 0 Å². The number of para-hydroxylation sites is 2. The first-order valence-electron chi connectivity index (χ1n) is 6.21. The third-order valence-electron chi connectivity index (χ3n) is 3.16. The maximum atomic E-state index is 12.3. The van der Waals surface area contributed by atoms with Crippen LogP contribution in [0.25, 0.3) is 0 Å². The zero-order valence-electron chi connectivity index (χ0n) is 10.6. The largest absolute Gasteiger partial charge is 0.479 e. The van der Waals surface area contributed by atoms with Gasteiger partial charge in [-0.2, -0.15) is 0 Å². The predicted molar refractivity (Wildman–Crippen MR) is 72.0 cm³/mol. The summed E-state index contributed by atoms with van der Waals surface area (Å²) in [6.45, 7) is 2.31. The van der Waals surface area contributed by atoms with Crippen molar-refractivity contribution in [3.8, 4) is 5.75 Å². The third-order valence-corrected chi connectivity index (χ3v) is 3.16. The lowest BCUT2D eigenvalue weighted by molar-refractivity contribution is -0.125. The number of anilines is 1. The molecule has 1 aliphatic heterocycles. The van der Waals surface area contributed by atoms with Crippen molar-refractivity contribution in [3.05, 3.63) is 54.4 Å². The van der Waals surface area contributed by atoms with Gasteiger partial charge in [-0.25, -0.2) is 0 Å². The van der Waals surface area contributed by atoms with Gasteiger partial charge in [-0.15, -0.1) is 0 Å². The van der Waals surface area contributed by atoms with Gasteiger partial charge in [0.2, 0.25) is 0 Å². The molecule has 1 amide bonds. The maximum absolute atomic E-state index is 12.3. The molecule has 0 saturated carbocycles. The second kappa shape index (κ2) is 4.72. The van der Waals surface area contributed by atoms with E-state index < -0.39 is 6.10 Å². The molecule has 0 bridgehead atoms. The average Bonchev–Trinajstić information content (AvgIpc) is 2.45. The van der Waals surface area contributed by atoms with Crippen molar-refractivity contribution in [1.29, 1.82) is 0 Å². The Morgan fingerprint density at radius 1 is 1.21 bits per heavy atom. The highest BCUT2D eigenvalue weighted by molar-refractivity contribution is 5.99. The fourth-order valence-corrected chi connectivity index (χ4v) is 2.19. The van der Waals surface area contributed by atoms with Crippen LogP contribution in [0.3, 0.4) is 0 Å². The number of pyridine rings is 1. The Bertz CT molecular complexity index is 598. The molecule has 2 aromatic rings. The zero-order valence-corrected chi connectivity index (χ0v) is 10.6. The topological polar surface area (TPSA) is 42.4 Å². The fourth-order valence-electron chi connectivity index (χ4n) is 2.19. The number of rotatable bonds is 2. The van der Waals surface area contributed by atoms with Crippen LogP contribution in [0, 0.1) is 0 Å². The average molecular weight is 254 g/mol. The molecule has 4 nitrogen and oxygen atoms in total. The van der Waals surface area contributed by atoms with Crippen LogP contribution in [-0.2, 0) is 11.3 Å². The van der Waals surface area contributed by atoms with Gasteiger partial charge in [-0.3, -0.25) is 9.78 Å².